The van der Waals surface area contributed by atoms with Crippen LogP contribution in [-0.4, -0.2) is 19.1 Å². The van der Waals surface area contributed by atoms with Crippen LogP contribution in [0.2, 0.25) is 0 Å². The van der Waals surface area contributed by atoms with Gasteiger partial charge in [-0.25, -0.2) is 4.39 Å². The zero-order valence-electron chi connectivity index (χ0n) is 10.6. The summed E-state index contributed by atoms with van der Waals surface area (Å²) in [6.45, 7) is 6.08. The Labute approximate surface area is 103 Å². The quantitative estimate of drug-likeness (QED) is 0.855. The lowest BCUT2D eigenvalue weighted by atomic mass is 9.85. The zero-order valence-corrected chi connectivity index (χ0v) is 10.6. The van der Waals surface area contributed by atoms with Crippen molar-refractivity contribution in [2.45, 2.75) is 26.3 Å². The van der Waals surface area contributed by atoms with Crippen LogP contribution in [0.25, 0.3) is 0 Å². The summed E-state index contributed by atoms with van der Waals surface area (Å²) in [6, 6.07) is 7.10. The van der Waals surface area contributed by atoms with E-state index < -0.39 is 0 Å². The first-order chi connectivity index (χ1) is 8.08. The van der Waals surface area contributed by atoms with E-state index in [2.05, 4.69) is 18.7 Å². The molecular weight excluding hydrogens is 215 g/mol. The molecule has 2 atom stereocenters. The molecule has 1 aromatic rings. The van der Waals surface area contributed by atoms with Crippen LogP contribution in [0.1, 0.15) is 20.3 Å². The average molecular weight is 236 g/mol. The molecule has 0 saturated carbocycles. The van der Waals surface area contributed by atoms with Gasteiger partial charge in [0.05, 0.1) is 5.69 Å². The SMILES string of the molecule is CC(C)C1CC(N)CN(c2ccccc2F)C1. The first-order valence-corrected chi connectivity index (χ1v) is 6.33. The molecule has 1 aliphatic rings. The molecule has 1 aromatic carbocycles. The van der Waals surface area contributed by atoms with Crippen LogP contribution >= 0.6 is 0 Å². The molecule has 2 rings (SSSR count). The van der Waals surface area contributed by atoms with Crippen molar-refractivity contribution in [3.05, 3.63) is 30.1 Å². The molecule has 0 bridgehead atoms. The molecule has 3 heteroatoms. The van der Waals surface area contributed by atoms with E-state index in [4.69, 9.17) is 5.73 Å². The number of nitrogens with zero attached hydrogens (tertiary/aromatic N) is 1. The Kier molecular flexibility index (Phi) is 3.67. The van der Waals surface area contributed by atoms with Crippen molar-refractivity contribution in [3.63, 3.8) is 0 Å². The minimum atomic E-state index is -0.149. The van der Waals surface area contributed by atoms with Crippen LogP contribution in [-0.2, 0) is 0 Å². The lowest BCUT2D eigenvalue weighted by Crippen LogP contribution is -2.48. The third-order valence-corrected chi connectivity index (χ3v) is 3.65. The van der Waals surface area contributed by atoms with Crippen molar-refractivity contribution in [3.8, 4) is 0 Å². The topological polar surface area (TPSA) is 29.3 Å². The number of para-hydroxylation sites is 1. The van der Waals surface area contributed by atoms with E-state index in [1.165, 1.54) is 6.07 Å². The Bertz CT molecular complexity index is 378. The molecule has 1 saturated heterocycles. The van der Waals surface area contributed by atoms with Gasteiger partial charge in [-0.05, 0) is 30.4 Å². The predicted molar refractivity (Wildman–Crippen MR) is 69.5 cm³/mol. The fraction of sp³-hybridized carbons (Fsp3) is 0.571. The number of benzene rings is 1. The van der Waals surface area contributed by atoms with Gasteiger partial charge >= 0.3 is 0 Å². The molecule has 17 heavy (non-hydrogen) atoms. The van der Waals surface area contributed by atoms with E-state index in [0.717, 1.165) is 19.5 Å². The standard InChI is InChI=1S/C14H21FN2/c1-10(2)11-7-12(16)9-17(8-11)14-6-4-3-5-13(14)15/h3-6,10-12H,7-9,16H2,1-2H3. The highest BCUT2D eigenvalue weighted by atomic mass is 19.1. The largest absolute Gasteiger partial charge is 0.367 e. The van der Waals surface area contributed by atoms with E-state index >= 15 is 0 Å². The van der Waals surface area contributed by atoms with Gasteiger partial charge in [0.2, 0.25) is 0 Å². The smallest absolute Gasteiger partial charge is 0.146 e. The van der Waals surface area contributed by atoms with Crippen LogP contribution < -0.4 is 10.6 Å². The Hall–Kier alpha value is -1.09. The molecule has 2 unspecified atom stereocenters. The van der Waals surface area contributed by atoms with Gasteiger partial charge < -0.3 is 10.6 Å². The number of hydrogen-bond donors (Lipinski definition) is 1. The van der Waals surface area contributed by atoms with Crippen molar-refractivity contribution in [1.82, 2.24) is 0 Å². The van der Waals surface area contributed by atoms with Crippen molar-refractivity contribution < 1.29 is 4.39 Å². The van der Waals surface area contributed by atoms with Gasteiger partial charge in [-0.1, -0.05) is 26.0 Å². The highest BCUT2D eigenvalue weighted by Gasteiger charge is 2.28. The maximum atomic E-state index is 13.7. The molecule has 1 fully saturated rings. The van der Waals surface area contributed by atoms with E-state index in [1.807, 2.05) is 12.1 Å². The Balaban J connectivity index is 2.18. The first kappa shape index (κ1) is 12.4. The van der Waals surface area contributed by atoms with E-state index in [-0.39, 0.29) is 11.9 Å². The summed E-state index contributed by atoms with van der Waals surface area (Å²) in [5.74, 6) is 0.998. The fourth-order valence-corrected chi connectivity index (χ4v) is 2.57. The summed E-state index contributed by atoms with van der Waals surface area (Å²) < 4.78 is 13.7. The second kappa shape index (κ2) is 5.05. The van der Waals surface area contributed by atoms with Gasteiger partial charge in [0, 0.05) is 19.1 Å². The number of nitrogens with two attached hydrogens (primary N) is 1. The van der Waals surface area contributed by atoms with Crippen molar-refractivity contribution in [2.24, 2.45) is 17.6 Å². The van der Waals surface area contributed by atoms with Gasteiger partial charge in [-0.3, -0.25) is 0 Å². The maximum absolute atomic E-state index is 13.7. The van der Waals surface area contributed by atoms with Crippen molar-refractivity contribution in [2.75, 3.05) is 18.0 Å². The summed E-state index contributed by atoms with van der Waals surface area (Å²) in [6.07, 6.45) is 1.04. The van der Waals surface area contributed by atoms with Crippen LogP contribution in [0.4, 0.5) is 10.1 Å². The molecule has 0 spiro atoms. The second-order valence-corrected chi connectivity index (χ2v) is 5.36. The van der Waals surface area contributed by atoms with Crippen molar-refractivity contribution >= 4 is 5.69 Å². The highest BCUT2D eigenvalue weighted by Crippen LogP contribution is 2.28. The third kappa shape index (κ3) is 2.78. The number of piperidine rings is 1. The fourth-order valence-electron chi connectivity index (χ4n) is 2.57. The molecule has 1 heterocycles. The highest BCUT2D eigenvalue weighted by molar-refractivity contribution is 5.48. The number of anilines is 1. The maximum Gasteiger partial charge on any atom is 0.146 e. The summed E-state index contributed by atoms with van der Waals surface area (Å²) in [5, 5.41) is 0. The summed E-state index contributed by atoms with van der Waals surface area (Å²) in [4.78, 5) is 2.09. The first-order valence-electron chi connectivity index (χ1n) is 6.33. The van der Waals surface area contributed by atoms with Crippen LogP contribution in [0, 0.1) is 17.7 Å². The second-order valence-electron chi connectivity index (χ2n) is 5.36. The van der Waals surface area contributed by atoms with Gasteiger partial charge in [0.25, 0.3) is 0 Å². The van der Waals surface area contributed by atoms with Crippen LogP contribution in [0.15, 0.2) is 24.3 Å². The predicted octanol–water partition coefficient (Wildman–Crippen LogP) is 2.64. The van der Waals surface area contributed by atoms with Crippen molar-refractivity contribution in [1.29, 1.82) is 0 Å². The molecule has 2 N–H and O–H groups in total. The zero-order chi connectivity index (χ0) is 12.4. The van der Waals surface area contributed by atoms with Crippen LogP contribution in [0.5, 0.6) is 0 Å². The van der Waals surface area contributed by atoms with Crippen LogP contribution in [0.3, 0.4) is 0 Å². The van der Waals surface area contributed by atoms with Gasteiger partial charge in [-0.2, -0.15) is 0 Å². The number of rotatable bonds is 2. The summed E-state index contributed by atoms with van der Waals surface area (Å²) >= 11 is 0. The van der Waals surface area contributed by atoms with E-state index in [1.54, 1.807) is 6.07 Å². The Morgan fingerprint density at radius 1 is 1.29 bits per heavy atom. The average Bonchev–Trinajstić information content (AvgIpc) is 2.28. The normalized spacial score (nSPS) is 25.4. The van der Waals surface area contributed by atoms with E-state index in [9.17, 15) is 4.39 Å². The summed E-state index contributed by atoms with van der Waals surface area (Å²) in [5.41, 5.74) is 6.76. The number of hydrogen-bond acceptors (Lipinski definition) is 2. The third-order valence-electron chi connectivity index (χ3n) is 3.65. The molecule has 0 aromatic heterocycles. The van der Waals surface area contributed by atoms with Gasteiger partial charge in [0.1, 0.15) is 5.82 Å². The minimum absolute atomic E-state index is 0.149. The lowest BCUT2D eigenvalue weighted by molar-refractivity contribution is 0.297. The monoisotopic (exact) mass is 236 g/mol. The Morgan fingerprint density at radius 3 is 2.65 bits per heavy atom. The summed E-state index contributed by atoms with van der Waals surface area (Å²) in [7, 11) is 0. The van der Waals surface area contributed by atoms with E-state index in [0.29, 0.717) is 17.5 Å². The molecule has 94 valence electrons. The molecule has 0 aliphatic carbocycles. The lowest BCUT2D eigenvalue weighted by Gasteiger charge is -2.39. The van der Waals surface area contributed by atoms with Gasteiger partial charge in [0.15, 0.2) is 0 Å². The molecule has 1 aliphatic heterocycles. The molecule has 0 radical (unpaired) electrons. The molecule has 0 amide bonds. The minimum Gasteiger partial charge on any atom is -0.367 e. The van der Waals surface area contributed by atoms with Gasteiger partial charge in [-0.15, -0.1) is 0 Å². The Morgan fingerprint density at radius 2 is 2.00 bits per heavy atom. The molecule has 2 nitrogen and oxygen atoms in total. The number of halogens is 1. The molecular formula is C14H21FN2.